The summed E-state index contributed by atoms with van der Waals surface area (Å²) in [6.07, 6.45) is -0.505. The highest BCUT2D eigenvalue weighted by Crippen LogP contribution is 2.37. The Morgan fingerprint density at radius 3 is 2.86 bits per heavy atom. The van der Waals surface area contributed by atoms with Crippen LogP contribution in [0.4, 0.5) is 10.8 Å². The first-order chi connectivity index (χ1) is 13.4. The number of likely N-dealkylation sites (N-methyl/N-ethyl adjacent to an activating group) is 1. The third kappa shape index (κ3) is 3.34. The number of hydrogen-bond acceptors (Lipinski definition) is 5. The highest BCUT2D eigenvalue weighted by Gasteiger charge is 2.29. The minimum Gasteiger partial charge on any atom is -0.479 e. The second kappa shape index (κ2) is 7.26. The summed E-state index contributed by atoms with van der Waals surface area (Å²) in [6.45, 7) is 1.73. The fraction of sp³-hybridized carbons (Fsp3) is 0.150. The van der Waals surface area contributed by atoms with Crippen LogP contribution in [0.25, 0.3) is 11.3 Å². The number of amides is 2. The van der Waals surface area contributed by atoms with E-state index in [4.69, 9.17) is 16.3 Å². The largest absolute Gasteiger partial charge is 0.479 e. The number of anilines is 2. The third-order valence-electron chi connectivity index (χ3n) is 4.44. The Hall–Kier alpha value is -2.90. The molecule has 1 N–H and O–H groups in total. The van der Waals surface area contributed by atoms with Gasteiger partial charge >= 0.3 is 0 Å². The molecule has 0 bridgehead atoms. The predicted octanol–water partition coefficient (Wildman–Crippen LogP) is 4.46. The molecule has 0 unspecified atom stereocenters. The second-order valence-corrected chi connectivity index (χ2v) is 7.58. The average Bonchev–Trinajstić information content (AvgIpc) is 3.15. The van der Waals surface area contributed by atoms with Gasteiger partial charge in [0.2, 0.25) is 0 Å². The Labute approximate surface area is 170 Å². The maximum atomic E-state index is 12.4. The zero-order valence-electron chi connectivity index (χ0n) is 15.1. The van der Waals surface area contributed by atoms with Crippen molar-refractivity contribution < 1.29 is 14.3 Å². The van der Waals surface area contributed by atoms with Gasteiger partial charge in [0.15, 0.2) is 11.2 Å². The smallest absolute Gasteiger partial charge is 0.267 e. The van der Waals surface area contributed by atoms with E-state index in [9.17, 15) is 9.59 Å². The molecule has 1 atom stereocenters. The molecule has 1 aliphatic heterocycles. The first kappa shape index (κ1) is 18.5. The Bertz CT molecular complexity index is 1080. The van der Waals surface area contributed by atoms with Gasteiger partial charge in [0.25, 0.3) is 11.8 Å². The van der Waals surface area contributed by atoms with E-state index in [0.717, 1.165) is 5.56 Å². The Kier molecular flexibility index (Phi) is 4.78. The van der Waals surface area contributed by atoms with Gasteiger partial charge in [-0.15, -0.1) is 11.3 Å². The number of benzene rings is 2. The maximum absolute atomic E-state index is 12.4. The van der Waals surface area contributed by atoms with Crippen LogP contribution in [-0.4, -0.2) is 29.9 Å². The van der Waals surface area contributed by atoms with Crippen molar-refractivity contribution in [3.63, 3.8) is 0 Å². The van der Waals surface area contributed by atoms with Gasteiger partial charge < -0.3 is 9.64 Å². The van der Waals surface area contributed by atoms with Crippen molar-refractivity contribution in [2.24, 2.45) is 0 Å². The minimum absolute atomic E-state index is 0.101. The van der Waals surface area contributed by atoms with Crippen LogP contribution < -0.4 is 15.0 Å². The Morgan fingerprint density at radius 2 is 2.07 bits per heavy atom. The van der Waals surface area contributed by atoms with Crippen LogP contribution in [-0.2, 0) is 4.79 Å². The molecule has 6 nitrogen and oxygen atoms in total. The normalized spacial score (nSPS) is 15.8. The molecule has 142 valence electrons. The molecule has 2 amide bonds. The van der Waals surface area contributed by atoms with Crippen LogP contribution in [0.2, 0.25) is 5.02 Å². The number of nitrogens with zero attached hydrogens (tertiary/aromatic N) is 2. The molecule has 0 spiro atoms. The summed E-state index contributed by atoms with van der Waals surface area (Å²) in [5.74, 6) is 0.237. The van der Waals surface area contributed by atoms with Gasteiger partial charge in [0, 0.05) is 18.0 Å². The molecule has 0 radical (unpaired) electrons. The molecule has 3 aromatic rings. The quantitative estimate of drug-likeness (QED) is 0.688. The number of aromatic nitrogens is 1. The number of ether oxygens (including phenoxy) is 1. The summed E-state index contributed by atoms with van der Waals surface area (Å²) in [6, 6.07) is 12.4. The molecule has 8 heteroatoms. The van der Waals surface area contributed by atoms with Crippen molar-refractivity contribution in [2.45, 2.75) is 13.0 Å². The lowest BCUT2D eigenvalue weighted by molar-refractivity contribution is -0.125. The summed E-state index contributed by atoms with van der Waals surface area (Å²) >= 11 is 7.38. The van der Waals surface area contributed by atoms with Gasteiger partial charge in [-0.05, 0) is 37.3 Å². The molecule has 1 aliphatic rings. The summed E-state index contributed by atoms with van der Waals surface area (Å²) < 4.78 is 5.64. The van der Waals surface area contributed by atoms with E-state index in [-0.39, 0.29) is 11.8 Å². The summed E-state index contributed by atoms with van der Waals surface area (Å²) in [4.78, 5) is 30.6. The van der Waals surface area contributed by atoms with Crippen molar-refractivity contribution in [3.8, 4) is 17.0 Å². The number of thiazole rings is 1. The highest BCUT2D eigenvalue weighted by molar-refractivity contribution is 7.14. The number of rotatable bonds is 3. The number of halogens is 1. The molecule has 4 rings (SSSR count). The van der Waals surface area contributed by atoms with Crippen molar-refractivity contribution >= 4 is 45.6 Å². The molecular formula is C20H16ClN3O3S. The first-order valence-electron chi connectivity index (χ1n) is 8.54. The van der Waals surface area contributed by atoms with Gasteiger partial charge in [0.05, 0.1) is 22.0 Å². The zero-order valence-corrected chi connectivity index (χ0v) is 16.7. The van der Waals surface area contributed by atoms with Crippen molar-refractivity contribution in [1.82, 2.24) is 4.98 Å². The SMILES string of the molecule is C[C@H]1Oc2ccc(-c3csc(NC(=O)c4ccccc4Cl)n3)cc2N(C)C1=O. The summed E-state index contributed by atoms with van der Waals surface area (Å²) in [7, 11) is 1.72. The van der Waals surface area contributed by atoms with E-state index in [2.05, 4.69) is 10.3 Å². The van der Waals surface area contributed by atoms with Gasteiger partial charge in [-0.1, -0.05) is 23.7 Å². The van der Waals surface area contributed by atoms with Gasteiger partial charge in [-0.2, -0.15) is 0 Å². The van der Waals surface area contributed by atoms with Crippen LogP contribution in [0, 0.1) is 0 Å². The molecule has 0 saturated carbocycles. The van der Waals surface area contributed by atoms with E-state index >= 15 is 0 Å². The molecule has 2 heterocycles. The van der Waals surface area contributed by atoms with E-state index in [1.54, 1.807) is 43.1 Å². The number of carbonyl (C=O) groups excluding carboxylic acids is 2. The maximum Gasteiger partial charge on any atom is 0.267 e. The fourth-order valence-corrected chi connectivity index (χ4v) is 3.88. The molecular weight excluding hydrogens is 398 g/mol. The number of nitrogens with one attached hydrogen (secondary N) is 1. The lowest BCUT2D eigenvalue weighted by Gasteiger charge is -2.30. The fourth-order valence-electron chi connectivity index (χ4n) is 2.94. The standard InChI is InChI=1S/C20H16ClN3O3S/c1-11-19(26)24(2)16-9-12(7-8-17(16)27-11)15-10-28-20(22-15)23-18(25)13-5-3-4-6-14(13)21/h3-11H,1-2H3,(H,22,23,25)/t11-/m1/s1. The van der Waals surface area contributed by atoms with Crippen LogP contribution in [0.15, 0.2) is 47.8 Å². The summed E-state index contributed by atoms with van der Waals surface area (Å²) in [5.41, 5.74) is 2.60. The Balaban J connectivity index is 1.58. The van der Waals surface area contributed by atoms with E-state index in [1.165, 1.54) is 11.3 Å². The molecule has 1 aromatic heterocycles. The van der Waals surface area contributed by atoms with E-state index < -0.39 is 6.10 Å². The average molecular weight is 414 g/mol. The predicted molar refractivity (Wildman–Crippen MR) is 110 cm³/mol. The van der Waals surface area contributed by atoms with Crippen LogP contribution in [0.1, 0.15) is 17.3 Å². The number of hydrogen-bond donors (Lipinski definition) is 1. The first-order valence-corrected chi connectivity index (χ1v) is 9.80. The summed E-state index contributed by atoms with van der Waals surface area (Å²) in [5, 5.41) is 5.46. The molecule has 2 aromatic carbocycles. The second-order valence-electron chi connectivity index (χ2n) is 6.31. The van der Waals surface area contributed by atoms with Gasteiger partial charge in [0.1, 0.15) is 5.75 Å². The molecule has 0 saturated heterocycles. The van der Waals surface area contributed by atoms with Crippen LogP contribution in [0.3, 0.4) is 0 Å². The topological polar surface area (TPSA) is 71.5 Å². The van der Waals surface area contributed by atoms with E-state index in [0.29, 0.717) is 32.8 Å². The number of carbonyl (C=O) groups is 2. The lowest BCUT2D eigenvalue weighted by atomic mass is 10.1. The molecule has 0 fully saturated rings. The van der Waals surface area contributed by atoms with Gasteiger partial charge in [-0.3, -0.25) is 14.9 Å². The van der Waals surface area contributed by atoms with Crippen molar-refractivity contribution in [2.75, 3.05) is 17.3 Å². The molecule has 0 aliphatic carbocycles. The zero-order chi connectivity index (χ0) is 19.8. The highest BCUT2D eigenvalue weighted by atomic mass is 35.5. The van der Waals surface area contributed by atoms with Crippen molar-refractivity contribution in [1.29, 1.82) is 0 Å². The van der Waals surface area contributed by atoms with Gasteiger partial charge in [-0.25, -0.2) is 4.98 Å². The van der Waals surface area contributed by atoms with E-state index in [1.807, 2.05) is 23.6 Å². The third-order valence-corrected chi connectivity index (χ3v) is 5.53. The lowest BCUT2D eigenvalue weighted by Crippen LogP contribution is -2.41. The number of fused-ring (bicyclic) bond motifs is 1. The minimum atomic E-state index is -0.505. The van der Waals surface area contributed by atoms with Crippen LogP contribution in [0.5, 0.6) is 5.75 Å². The van der Waals surface area contributed by atoms with Crippen molar-refractivity contribution in [3.05, 3.63) is 58.4 Å². The Morgan fingerprint density at radius 1 is 1.29 bits per heavy atom. The van der Waals surface area contributed by atoms with Crippen LogP contribution >= 0.6 is 22.9 Å². The monoisotopic (exact) mass is 413 g/mol. The molecule has 28 heavy (non-hydrogen) atoms.